The largest absolute Gasteiger partial charge is 0.271 e. The SMILES string of the molecule is CC(C)(C)c1ccc(C(=O)NNC(=O)c2ccccc2Cl)cc1Br. The summed E-state index contributed by atoms with van der Waals surface area (Å²) in [5, 5.41) is 0.321. The fourth-order valence-electron chi connectivity index (χ4n) is 2.16. The molecule has 0 atom stereocenters. The summed E-state index contributed by atoms with van der Waals surface area (Å²) in [6.07, 6.45) is 0. The lowest BCUT2D eigenvalue weighted by molar-refractivity contribution is 0.0846. The number of carbonyl (C=O) groups excluding carboxylic acids is 2. The minimum absolute atomic E-state index is 0.0356. The summed E-state index contributed by atoms with van der Waals surface area (Å²) in [6.45, 7) is 6.28. The summed E-state index contributed by atoms with van der Waals surface area (Å²) in [4.78, 5) is 24.2. The standard InChI is InChI=1S/C18H18BrClN2O2/c1-18(2,3)13-9-8-11(10-14(13)19)16(23)21-22-17(24)12-6-4-5-7-15(12)20/h4-10H,1-3H3,(H,21,23)(H,22,24). The third-order valence-corrected chi connectivity index (χ3v) is 4.43. The van der Waals surface area contributed by atoms with E-state index in [1.54, 1.807) is 36.4 Å². The number of hydrazine groups is 1. The molecule has 0 unspecified atom stereocenters. The van der Waals surface area contributed by atoms with Gasteiger partial charge in [0, 0.05) is 10.0 Å². The molecule has 2 amide bonds. The van der Waals surface area contributed by atoms with Crippen LogP contribution in [-0.4, -0.2) is 11.8 Å². The van der Waals surface area contributed by atoms with Crippen LogP contribution >= 0.6 is 27.5 Å². The van der Waals surface area contributed by atoms with Crippen molar-refractivity contribution in [3.8, 4) is 0 Å². The van der Waals surface area contributed by atoms with Gasteiger partial charge in [-0.3, -0.25) is 20.4 Å². The summed E-state index contributed by atoms with van der Waals surface area (Å²) in [7, 11) is 0. The zero-order valence-corrected chi connectivity index (χ0v) is 16.0. The predicted octanol–water partition coefficient (Wildman–Crippen LogP) is 4.47. The first-order chi connectivity index (χ1) is 11.2. The maximum atomic E-state index is 12.2. The second-order valence-corrected chi connectivity index (χ2v) is 7.59. The first kappa shape index (κ1) is 18.5. The quantitative estimate of drug-likeness (QED) is 0.719. The molecule has 24 heavy (non-hydrogen) atoms. The van der Waals surface area contributed by atoms with E-state index in [0.29, 0.717) is 16.1 Å². The topological polar surface area (TPSA) is 58.2 Å². The molecule has 0 heterocycles. The maximum Gasteiger partial charge on any atom is 0.271 e. The average Bonchev–Trinajstić information content (AvgIpc) is 2.51. The lowest BCUT2D eigenvalue weighted by Crippen LogP contribution is -2.41. The van der Waals surface area contributed by atoms with Crippen molar-refractivity contribution in [3.63, 3.8) is 0 Å². The van der Waals surface area contributed by atoms with E-state index >= 15 is 0 Å². The van der Waals surface area contributed by atoms with Gasteiger partial charge in [-0.05, 0) is 35.2 Å². The van der Waals surface area contributed by atoms with Crippen molar-refractivity contribution < 1.29 is 9.59 Å². The molecule has 0 aliphatic heterocycles. The van der Waals surface area contributed by atoms with Crippen LogP contribution in [0.2, 0.25) is 5.02 Å². The molecule has 0 aliphatic rings. The number of hydrogen-bond donors (Lipinski definition) is 2. The molecule has 0 aliphatic carbocycles. The Morgan fingerprint density at radius 1 is 1.00 bits per heavy atom. The number of amides is 2. The van der Waals surface area contributed by atoms with Crippen LogP contribution in [-0.2, 0) is 5.41 Å². The van der Waals surface area contributed by atoms with E-state index in [-0.39, 0.29) is 5.41 Å². The minimum Gasteiger partial charge on any atom is -0.267 e. The highest BCUT2D eigenvalue weighted by Crippen LogP contribution is 2.30. The van der Waals surface area contributed by atoms with E-state index in [1.165, 1.54) is 0 Å². The Labute approximate surface area is 154 Å². The molecule has 0 saturated carbocycles. The van der Waals surface area contributed by atoms with E-state index in [9.17, 15) is 9.59 Å². The smallest absolute Gasteiger partial charge is 0.267 e. The van der Waals surface area contributed by atoms with E-state index in [4.69, 9.17) is 11.6 Å². The van der Waals surface area contributed by atoms with Crippen LogP contribution < -0.4 is 10.9 Å². The maximum absolute atomic E-state index is 12.2. The average molecular weight is 410 g/mol. The Bertz CT molecular complexity index is 785. The molecule has 0 spiro atoms. The van der Waals surface area contributed by atoms with Crippen LogP contribution in [0.15, 0.2) is 46.9 Å². The second-order valence-electron chi connectivity index (χ2n) is 6.33. The minimum atomic E-state index is -0.473. The van der Waals surface area contributed by atoms with E-state index in [2.05, 4.69) is 47.6 Å². The van der Waals surface area contributed by atoms with Crippen molar-refractivity contribution in [2.45, 2.75) is 26.2 Å². The number of hydrogen-bond acceptors (Lipinski definition) is 2. The van der Waals surface area contributed by atoms with Gasteiger partial charge in [0.1, 0.15) is 0 Å². The lowest BCUT2D eigenvalue weighted by Gasteiger charge is -2.21. The molecule has 0 aromatic heterocycles. The van der Waals surface area contributed by atoms with Gasteiger partial charge >= 0.3 is 0 Å². The van der Waals surface area contributed by atoms with E-state index in [1.807, 2.05) is 6.07 Å². The van der Waals surface area contributed by atoms with Crippen LogP contribution in [0, 0.1) is 0 Å². The molecule has 2 aromatic carbocycles. The van der Waals surface area contributed by atoms with Gasteiger partial charge in [-0.25, -0.2) is 0 Å². The van der Waals surface area contributed by atoms with Gasteiger partial charge in [0.2, 0.25) is 0 Å². The van der Waals surface area contributed by atoms with Crippen molar-refractivity contribution in [1.29, 1.82) is 0 Å². The van der Waals surface area contributed by atoms with Crippen LogP contribution in [0.4, 0.5) is 0 Å². The zero-order valence-electron chi connectivity index (χ0n) is 13.6. The summed E-state index contributed by atoms with van der Waals surface area (Å²) in [6, 6.07) is 12.0. The Hall–Kier alpha value is -1.85. The second kappa shape index (κ2) is 7.36. The summed E-state index contributed by atoms with van der Waals surface area (Å²) >= 11 is 9.45. The number of nitrogens with one attached hydrogen (secondary N) is 2. The number of benzene rings is 2. The molecule has 2 aromatic rings. The number of carbonyl (C=O) groups is 2. The molecule has 2 N–H and O–H groups in total. The molecule has 4 nitrogen and oxygen atoms in total. The predicted molar refractivity (Wildman–Crippen MR) is 99.2 cm³/mol. The number of halogens is 2. The normalized spacial score (nSPS) is 11.0. The number of rotatable bonds is 2. The van der Waals surface area contributed by atoms with Crippen molar-refractivity contribution in [2.24, 2.45) is 0 Å². The van der Waals surface area contributed by atoms with Crippen molar-refractivity contribution in [3.05, 3.63) is 68.7 Å². The molecular weight excluding hydrogens is 392 g/mol. The molecular formula is C18H18BrClN2O2. The molecule has 0 bridgehead atoms. The van der Waals surface area contributed by atoms with E-state index < -0.39 is 11.8 Å². The van der Waals surface area contributed by atoms with Gasteiger partial charge in [-0.2, -0.15) is 0 Å². The molecule has 6 heteroatoms. The van der Waals surface area contributed by atoms with Crippen molar-refractivity contribution in [2.75, 3.05) is 0 Å². The highest BCUT2D eigenvalue weighted by Gasteiger charge is 2.18. The van der Waals surface area contributed by atoms with Crippen molar-refractivity contribution in [1.82, 2.24) is 10.9 Å². The summed E-state index contributed by atoms with van der Waals surface area (Å²) in [5.41, 5.74) is 6.55. The van der Waals surface area contributed by atoms with Crippen LogP contribution in [0.5, 0.6) is 0 Å². The van der Waals surface area contributed by atoms with Crippen molar-refractivity contribution >= 4 is 39.3 Å². The third kappa shape index (κ3) is 4.36. The summed E-state index contributed by atoms with van der Waals surface area (Å²) in [5.74, 6) is -0.879. The molecule has 2 rings (SSSR count). The van der Waals surface area contributed by atoms with Gasteiger partial charge in [0.25, 0.3) is 11.8 Å². The Kier molecular flexibility index (Phi) is 5.67. The molecule has 0 fully saturated rings. The molecule has 126 valence electrons. The highest BCUT2D eigenvalue weighted by molar-refractivity contribution is 9.10. The lowest BCUT2D eigenvalue weighted by atomic mass is 9.86. The fourth-order valence-corrected chi connectivity index (χ4v) is 3.36. The van der Waals surface area contributed by atoms with E-state index in [0.717, 1.165) is 10.0 Å². The van der Waals surface area contributed by atoms with Crippen LogP contribution in [0.25, 0.3) is 0 Å². The molecule has 0 saturated heterocycles. The first-order valence-corrected chi connectivity index (χ1v) is 8.52. The van der Waals surface area contributed by atoms with Gasteiger partial charge < -0.3 is 0 Å². The van der Waals surface area contributed by atoms with Gasteiger partial charge in [0.05, 0.1) is 10.6 Å². The van der Waals surface area contributed by atoms with Gasteiger partial charge in [-0.1, -0.05) is 66.5 Å². The Morgan fingerprint density at radius 2 is 1.62 bits per heavy atom. The third-order valence-electron chi connectivity index (χ3n) is 3.45. The summed E-state index contributed by atoms with van der Waals surface area (Å²) < 4.78 is 0.847. The van der Waals surface area contributed by atoms with Crippen LogP contribution in [0.3, 0.4) is 0 Å². The van der Waals surface area contributed by atoms with Gasteiger partial charge in [0.15, 0.2) is 0 Å². The van der Waals surface area contributed by atoms with Gasteiger partial charge in [-0.15, -0.1) is 0 Å². The monoisotopic (exact) mass is 408 g/mol. The molecule has 0 radical (unpaired) electrons. The highest BCUT2D eigenvalue weighted by atomic mass is 79.9. The fraction of sp³-hybridized carbons (Fsp3) is 0.222. The Balaban J connectivity index is 2.07. The Morgan fingerprint density at radius 3 is 2.21 bits per heavy atom. The first-order valence-electron chi connectivity index (χ1n) is 7.35. The zero-order chi connectivity index (χ0) is 17.9. The van der Waals surface area contributed by atoms with Crippen LogP contribution in [0.1, 0.15) is 47.1 Å².